The maximum absolute atomic E-state index is 13.1. The second-order valence-electron chi connectivity index (χ2n) is 6.13. The number of aromatic nitrogens is 3. The van der Waals surface area contributed by atoms with Crippen LogP contribution < -0.4 is 9.47 Å². The first-order valence-electron chi connectivity index (χ1n) is 8.24. The standard InChI is InChI=1S/C18H18F3N3O3S/c1-10-7-22-15(11(2)16(10)26-3)8-28(25)17-23-13-5-4-12(6-14(13)24-17)27-18(20,21)9-19/h4-7H,8-9H2,1-3H3,(H,23,24). The molecular formula is C18H18F3N3O3S. The van der Waals surface area contributed by atoms with Crippen molar-refractivity contribution >= 4 is 22.2 Å². The number of imidazole rings is 1. The third-order valence-electron chi connectivity index (χ3n) is 4.09. The van der Waals surface area contributed by atoms with Crippen molar-refractivity contribution in [3.8, 4) is 11.5 Å². The van der Waals surface area contributed by atoms with E-state index in [1.807, 2.05) is 13.8 Å². The highest BCUT2D eigenvalue weighted by Crippen LogP contribution is 2.28. The molecule has 0 saturated heterocycles. The molecule has 2 heterocycles. The number of alkyl halides is 3. The number of nitrogens with zero attached hydrogens (tertiary/aromatic N) is 2. The van der Waals surface area contributed by atoms with Gasteiger partial charge in [-0.3, -0.25) is 9.97 Å². The molecule has 0 aliphatic heterocycles. The zero-order valence-corrected chi connectivity index (χ0v) is 16.2. The number of nitrogens with one attached hydrogen (secondary N) is 1. The number of methoxy groups -OCH3 is 1. The predicted octanol–water partition coefficient (Wildman–Crippen LogP) is 3.83. The van der Waals surface area contributed by atoms with E-state index in [9.17, 15) is 17.7 Å². The van der Waals surface area contributed by atoms with Crippen LogP contribution in [0.25, 0.3) is 11.0 Å². The Labute approximate surface area is 162 Å². The minimum atomic E-state index is -3.91. The van der Waals surface area contributed by atoms with Crippen molar-refractivity contribution in [2.24, 2.45) is 0 Å². The van der Waals surface area contributed by atoms with Crippen LogP contribution in [0.3, 0.4) is 0 Å². The summed E-state index contributed by atoms with van der Waals surface area (Å²) in [6.45, 7) is 1.76. The van der Waals surface area contributed by atoms with Gasteiger partial charge in [-0.05, 0) is 26.0 Å². The molecule has 3 rings (SSSR count). The van der Waals surface area contributed by atoms with Gasteiger partial charge < -0.3 is 14.0 Å². The molecule has 0 saturated carbocycles. The maximum atomic E-state index is 13.1. The summed E-state index contributed by atoms with van der Waals surface area (Å²) in [5, 5.41) is 0.171. The second kappa shape index (κ2) is 7.88. The smallest absolute Gasteiger partial charge is 0.427 e. The minimum Gasteiger partial charge on any atom is -0.609 e. The summed E-state index contributed by atoms with van der Waals surface area (Å²) in [4.78, 5) is 11.4. The lowest BCUT2D eigenvalue weighted by Gasteiger charge is -2.13. The highest BCUT2D eigenvalue weighted by Gasteiger charge is 2.32. The Balaban J connectivity index is 1.84. The molecule has 0 amide bonds. The van der Waals surface area contributed by atoms with Crippen LogP contribution in [0.5, 0.6) is 11.5 Å². The van der Waals surface area contributed by atoms with E-state index < -0.39 is 24.0 Å². The van der Waals surface area contributed by atoms with E-state index in [0.29, 0.717) is 17.0 Å². The number of fused-ring (bicyclic) bond motifs is 1. The quantitative estimate of drug-likeness (QED) is 0.595. The van der Waals surface area contributed by atoms with Gasteiger partial charge in [0.05, 0.1) is 23.8 Å². The number of benzene rings is 1. The Morgan fingerprint density at radius 2 is 2.04 bits per heavy atom. The van der Waals surface area contributed by atoms with E-state index in [0.717, 1.165) is 11.1 Å². The van der Waals surface area contributed by atoms with Gasteiger partial charge in [0.2, 0.25) is 0 Å². The Morgan fingerprint density at radius 1 is 1.29 bits per heavy atom. The van der Waals surface area contributed by atoms with Crippen molar-refractivity contribution in [3.05, 3.63) is 41.2 Å². The van der Waals surface area contributed by atoms with Crippen LogP contribution in [0, 0.1) is 13.8 Å². The summed E-state index contributed by atoms with van der Waals surface area (Å²) < 4.78 is 60.7. The highest BCUT2D eigenvalue weighted by molar-refractivity contribution is 7.90. The number of aromatic amines is 1. The van der Waals surface area contributed by atoms with Crippen molar-refractivity contribution in [1.29, 1.82) is 0 Å². The van der Waals surface area contributed by atoms with Gasteiger partial charge in [-0.2, -0.15) is 13.8 Å². The van der Waals surface area contributed by atoms with Gasteiger partial charge in [-0.25, -0.2) is 4.39 Å². The van der Waals surface area contributed by atoms with Crippen molar-refractivity contribution in [2.45, 2.75) is 30.9 Å². The maximum Gasteiger partial charge on any atom is 0.427 e. The molecule has 1 N–H and O–H groups in total. The summed E-state index contributed by atoms with van der Waals surface area (Å²) >= 11 is -1.56. The first kappa shape index (κ1) is 20.3. The number of hydrogen-bond donors (Lipinski definition) is 1. The summed E-state index contributed by atoms with van der Waals surface area (Å²) in [5.74, 6) is 0.549. The Kier molecular flexibility index (Phi) is 5.71. The number of rotatable bonds is 7. The third-order valence-corrected chi connectivity index (χ3v) is 5.25. The minimum absolute atomic E-state index is 0.103. The van der Waals surface area contributed by atoms with Crippen molar-refractivity contribution in [1.82, 2.24) is 15.0 Å². The molecule has 28 heavy (non-hydrogen) atoms. The second-order valence-corrected chi connectivity index (χ2v) is 7.50. The molecule has 0 aliphatic carbocycles. The molecule has 0 aliphatic rings. The van der Waals surface area contributed by atoms with Crippen molar-refractivity contribution in [3.63, 3.8) is 0 Å². The van der Waals surface area contributed by atoms with Gasteiger partial charge >= 0.3 is 11.3 Å². The molecule has 1 atom stereocenters. The Morgan fingerprint density at radius 3 is 2.71 bits per heavy atom. The van der Waals surface area contributed by atoms with E-state index in [1.165, 1.54) is 18.2 Å². The van der Waals surface area contributed by atoms with Crippen molar-refractivity contribution < 1.29 is 27.2 Å². The van der Waals surface area contributed by atoms with Crippen LogP contribution in [0.4, 0.5) is 13.2 Å². The fraction of sp³-hybridized carbons (Fsp3) is 0.333. The molecule has 0 spiro atoms. The molecule has 3 aromatic rings. The van der Waals surface area contributed by atoms with E-state index in [-0.39, 0.29) is 22.2 Å². The molecule has 0 bridgehead atoms. The lowest BCUT2D eigenvalue weighted by atomic mass is 10.1. The average Bonchev–Trinajstić information content (AvgIpc) is 3.07. The van der Waals surface area contributed by atoms with Gasteiger partial charge in [0.15, 0.2) is 12.4 Å². The number of halogens is 3. The number of aryl methyl sites for hydroxylation is 1. The van der Waals surface area contributed by atoms with Crippen LogP contribution in [0.1, 0.15) is 16.8 Å². The van der Waals surface area contributed by atoms with Gasteiger partial charge in [0.1, 0.15) is 11.5 Å². The molecule has 1 aromatic carbocycles. The van der Waals surface area contributed by atoms with Crippen LogP contribution in [0.2, 0.25) is 0 Å². The average molecular weight is 413 g/mol. The van der Waals surface area contributed by atoms with Crippen LogP contribution in [0.15, 0.2) is 29.6 Å². The monoisotopic (exact) mass is 413 g/mol. The Hall–Kier alpha value is -2.46. The Bertz CT molecular complexity index is 997. The number of hydrogen-bond acceptors (Lipinski definition) is 5. The number of ether oxygens (including phenoxy) is 2. The van der Waals surface area contributed by atoms with Crippen molar-refractivity contribution in [2.75, 3.05) is 13.8 Å². The molecule has 0 radical (unpaired) electrons. The van der Waals surface area contributed by atoms with E-state index in [4.69, 9.17) is 4.74 Å². The van der Waals surface area contributed by atoms with Gasteiger partial charge in [0, 0.05) is 34.6 Å². The molecule has 2 aromatic heterocycles. The fourth-order valence-electron chi connectivity index (χ4n) is 2.74. The van der Waals surface area contributed by atoms with E-state index >= 15 is 0 Å². The molecule has 6 nitrogen and oxygen atoms in total. The van der Waals surface area contributed by atoms with Gasteiger partial charge in [0.25, 0.3) is 0 Å². The molecule has 0 fully saturated rings. The van der Waals surface area contributed by atoms with E-state index in [1.54, 1.807) is 13.3 Å². The number of H-pyrrole nitrogens is 1. The molecular weight excluding hydrogens is 395 g/mol. The summed E-state index contributed by atoms with van der Waals surface area (Å²) in [5.41, 5.74) is 3.03. The first-order chi connectivity index (χ1) is 13.2. The van der Waals surface area contributed by atoms with Gasteiger partial charge in [-0.1, -0.05) is 0 Å². The third kappa shape index (κ3) is 4.17. The molecule has 10 heteroatoms. The lowest BCUT2D eigenvalue weighted by Crippen LogP contribution is -2.26. The zero-order valence-electron chi connectivity index (χ0n) is 15.4. The number of pyridine rings is 1. The highest BCUT2D eigenvalue weighted by atomic mass is 32.2. The first-order valence-corrected chi connectivity index (χ1v) is 9.56. The summed E-state index contributed by atoms with van der Waals surface area (Å²) in [6, 6.07) is 3.94. The fourth-order valence-corrected chi connectivity index (χ4v) is 3.84. The van der Waals surface area contributed by atoms with E-state index in [2.05, 4.69) is 19.7 Å². The van der Waals surface area contributed by atoms with Crippen LogP contribution in [-0.4, -0.2) is 39.4 Å². The molecule has 1 unspecified atom stereocenters. The summed E-state index contributed by atoms with van der Waals surface area (Å²) in [6.07, 6.45) is -2.27. The molecule has 150 valence electrons. The topological polar surface area (TPSA) is 83.1 Å². The van der Waals surface area contributed by atoms with Crippen LogP contribution >= 0.6 is 0 Å². The summed E-state index contributed by atoms with van der Waals surface area (Å²) in [7, 11) is 1.56. The largest absolute Gasteiger partial charge is 0.609 e. The van der Waals surface area contributed by atoms with Crippen LogP contribution in [-0.2, 0) is 16.9 Å². The van der Waals surface area contributed by atoms with Gasteiger partial charge in [-0.15, -0.1) is 0 Å². The normalized spacial score (nSPS) is 13.0. The SMILES string of the molecule is COc1c(C)cnc(C[S+]([O-])c2nc3cc(OC(F)(F)CF)ccc3[nH]2)c1C. The predicted molar refractivity (Wildman–Crippen MR) is 98.0 cm³/mol. The zero-order chi connectivity index (χ0) is 20.5. The lowest BCUT2D eigenvalue weighted by molar-refractivity contribution is -0.186.